The SMILES string of the molecule is C=C/C=C(\C=C/C)C(CC=O)c1ccccc1.CC.CC.CN1CCC(C)(O)C1. The maximum absolute atomic E-state index is 10.8. The molecule has 0 amide bonds. The third-order valence-corrected chi connectivity index (χ3v) is 4.25. The predicted molar refractivity (Wildman–Crippen MR) is 128 cm³/mol. The van der Waals surface area contributed by atoms with Gasteiger partial charge in [-0.1, -0.05) is 88.9 Å². The largest absolute Gasteiger partial charge is 0.389 e. The van der Waals surface area contributed by atoms with Crippen molar-refractivity contribution in [3.8, 4) is 0 Å². The highest BCUT2D eigenvalue weighted by Crippen LogP contribution is 2.28. The second-order valence-electron chi connectivity index (χ2n) is 6.75. The van der Waals surface area contributed by atoms with Gasteiger partial charge in [0.25, 0.3) is 0 Å². The number of likely N-dealkylation sites (N-methyl/N-ethyl adjacent to an activating group) is 1. The van der Waals surface area contributed by atoms with E-state index in [1.54, 1.807) is 6.08 Å². The molecular weight excluding hydrogens is 358 g/mol. The second-order valence-corrected chi connectivity index (χ2v) is 6.75. The Morgan fingerprint density at radius 3 is 2.17 bits per heavy atom. The molecule has 1 aliphatic heterocycles. The first-order valence-corrected chi connectivity index (χ1v) is 10.8. The van der Waals surface area contributed by atoms with Crippen LogP contribution in [0.2, 0.25) is 0 Å². The van der Waals surface area contributed by atoms with Crippen molar-refractivity contribution in [1.29, 1.82) is 0 Å². The van der Waals surface area contributed by atoms with Crippen molar-refractivity contribution in [3.05, 3.63) is 72.4 Å². The average molecular weight is 402 g/mol. The Hall–Kier alpha value is -1.97. The maximum atomic E-state index is 10.8. The summed E-state index contributed by atoms with van der Waals surface area (Å²) in [5.41, 5.74) is 1.86. The van der Waals surface area contributed by atoms with Crippen molar-refractivity contribution in [1.82, 2.24) is 4.90 Å². The first-order valence-electron chi connectivity index (χ1n) is 10.8. The quantitative estimate of drug-likeness (QED) is 0.457. The van der Waals surface area contributed by atoms with E-state index in [2.05, 4.69) is 23.6 Å². The lowest BCUT2D eigenvalue weighted by atomic mass is 9.88. The first kappa shape index (κ1) is 29.2. The highest BCUT2D eigenvalue weighted by molar-refractivity contribution is 5.55. The minimum Gasteiger partial charge on any atom is -0.389 e. The lowest BCUT2D eigenvalue weighted by molar-refractivity contribution is -0.108. The molecule has 2 rings (SSSR count). The average Bonchev–Trinajstić information content (AvgIpc) is 3.06. The molecule has 2 atom stereocenters. The van der Waals surface area contributed by atoms with Crippen molar-refractivity contribution in [2.75, 3.05) is 20.1 Å². The Morgan fingerprint density at radius 1 is 1.24 bits per heavy atom. The van der Waals surface area contributed by atoms with Gasteiger partial charge in [0.05, 0.1) is 5.60 Å². The molecule has 0 spiro atoms. The summed E-state index contributed by atoms with van der Waals surface area (Å²) in [6, 6.07) is 10.1. The van der Waals surface area contributed by atoms with Crippen molar-refractivity contribution >= 4 is 6.29 Å². The van der Waals surface area contributed by atoms with E-state index in [4.69, 9.17) is 0 Å². The topological polar surface area (TPSA) is 40.5 Å². The van der Waals surface area contributed by atoms with Crippen LogP contribution >= 0.6 is 0 Å². The number of benzene rings is 1. The Bertz CT molecular complexity index is 588. The van der Waals surface area contributed by atoms with Crippen molar-refractivity contribution in [2.24, 2.45) is 0 Å². The minimum absolute atomic E-state index is 0.114. The lowest BCUT2D eigenvalue weighted by Gasteiger charge is -2.16. The standard InChI is InChI=1S/C16H18O.C6H13NO.2C2H6/c1-3-8-14(9-4-2)16(12-13-17)15-10-6-5-7-11-15;1-6(8)3-4-7(2)5-6;2*1-2/h3-11,13,16H,1,12H2,2H3;8H,3-5H2,1-2H3;2*1-2H3/b9-4-,14-8+;;;. The number of aliphatic hydroxyl groups is 1. The van der Waals surface area contributed by atoms with Crippen molar-refractivity contribution in [2.45, 2.75) is 65.9 Å². The molecule has 0 aromatic heterocycles. The molecule has 1 aromatic carbocycles. The molecule has 0 radical (unpaired) electrons. The van der Waals surface area contributed by atoms with E-state index in [-0.39, 0.29) is 5.92 Å². The molecule has 1 fully saturated rings. The van der Waals surface area contributed by atoms with Gasteiger partial charge in [0, 0.05) is 25.4 Å². The number of aldehydes is 1. The number of likely N-dealkylation sites (tertiary alicyclic amines) is 1. The van der Waals surface area contributed by atoms with Crippen LogP contribution in [0.15, 0.2) is 66.8 Å². The van der Waals surface area contributed by atoms with Crippen LogP contribution in [-0.2, 0) is 4.79 Å². The van der Waals surface area contributed by atoms with Crippen molar-refractivity contribution in [3.63, 3.8) is 0 Å². The Balaban J connectivity index is 0. The number of carbonyl (C=O) groups excluding carboxylic acids is 1. The zero-order valence-electron chi connectivity index (χ0n) is 19.7. The van der Waals surface area contributed by atoms with Gasteiger partial charge in [-0.25, -0.2) is 0 Å². The highest BCUT2D eigenvalue weighted by atomic mass is 16.3. The smallest absolute Gasteiger partial charge is 0.120 e. The van der Waals surface area contributed by atoms with E-state index in [0.29, 0.717) is 6.42 Å². The van der Waals surface area contributed by atoms with Crippen LogP contribution in [-0.4, -0.2) is 42.0 Å². The molecule has 0 saturated carbocycles. The molecule has 2 unspecified atom stereocenters. The number of carbonyl (C=O) groups is 1. The van der Waals surface area contributed by atoms with E-state index < -0.39 is 5.60 Å². The van der Waals surface area contributed by atoms with Gasteiger partial charge in [0.2, 0.25) is 0 Å². The van der Waals surface area contributed by atoms with Gasteiger partial charge in [-0.2, -0.15) is 0 Å². The van der Waals surface area contributed by atoms with Crippen molar-refractivity contribution < 1.29 is 9.90 Å². The zero-order valence-corrected chi connectivity index (χ0v) is 19.7. The summed E-state index contributed by atoms with van der Waals surface area (Å²) in [6.07, 6.45) is 10.1. The van der Waals surface area contributed by atoms with Crippen LogP contribution in [0.25, 0.3) is 0 Å². The van der Waals surface area contributed by atoms with Crippen LogP contribution in [0.3, 0.4) is 0 Å². The molecule has 29 heavy (non-hydrogen) atoms. The van der Waals surface area contributed by atoms with E-state index in [0.717, 1.165) is 36.9 Å². The fourth-order valence-electron chi connectivity index (χ4n) is 3.03. The van der Waals surface area contributed by atoms with E-state index in [9.17, 15) is 9.90 Å². The fraction of sp³-hybridized carbons (Fsp3) is 0.500. The number of rotatable bonds is 6. The number of hydrogen-bond donors (Lipinski definition) is 1. The lowest BCUT2D eigenvalue weighted by Crippen LogP contribution is -2.27. The molecule has 1 saturated heterocycles. The summed E-state index contributed by atoms with van der Waals surface area (Å²) in [7, 11) is 2.03. The number of β-amino-alcohol motifs (C(OH)–C–C–N with tert-alkyl or cyclic N) is 1. The Labute approximate surface area is 179 Å². The van der Waals surface area contributed by atoms with Gasteiger partial charge < -0.3 is 14.8 Å². The van der Waals surface area contributed by atoms with Gasteiger partial charge in [-0.3, -0.25) is 0 Å². The summed E-state index contributed by atoms with van der Waals surface area (Å²) < 4.78 is 0. The molecule has 3 nitrogen and oxygen atoms in total. The fourth-order valence-corrected chi connectivity index (χ4v) is 3.03. The van der Waals surface area contributed by atoms with E-state index in [1.165, 1.54) is 0 Å². The van der Waals surface area contributed by atoms with Crippen LogP contribution < -0.4 is 0 Å². The molecule has 1 N–H and O–H groups in total. The van der Waals surface area contributed by atoms with E-state index >= 15 is 0 Å². The zero-order chi connectivity index (χ0) is 22.7. The third kappa shape index (κ3) is 13.0. The maximum Gasteiger partial charge on any atom is 0.120 e. The molecule has 3 heteroatoms. The molecule has 1 aromatic rings. The van der Waals surface area contributed by atoms with Gasteiger partial charge >= 0.3 is 0 Å². The molecule has 0 bridgehead atoms. The first-order chi connectivity index (χ1) is 13.9. The summed E-state index contributed by atoms with van der Waals surface area (Å²) in [4.78, 5) is 13.0. The van der Waals surface area contributed by atoms with Gasteiger partial charge in [0.1, 0.15) is 6.29 Å². The van der Waals surface area contributed by atoms with Crippen LogP contribution in [0.1, 0.15) is 65.9 Å². The normalized spacial score (nSPS) is 19.7. The number of hydrogen-bond acceptors (Lipinski definition) is 3. The molecule has 1 heterocycles. The van der Waals surface area contributed by atoms with Gasteiger partial charge in [-0.15, -0.1) is 0 Å². The highest BCUT2D eigenvalue weighted by Gasteiger charge is 2.28. The molecule has 0 aliphatic carbocycles. The Morgan fingerprint density at radius 2 is 1.83 bits per heavy atom. The van der Waals surface area contributed by atoms with Gasteiger partial charge in [0.15, 0.2) is 0 Å². The summed E-state index contributed by atoms with van der Waals surface area (Å²) in [5.74, 6) is 0.114. The second kappa shape index (κ2) is 18.1. The Kier molecular flexibility index (Phi) is 18.2. The minimum atomic E-state index is -0.408. The summed E-state index contributed by atoms with van der Waals surface area (Å²) in [5, 5.41) is 9.32. The summed E-state index contributed by atoms with van der Waals surface area (Å²) in [6.45, 7) is 17.4. The number of nitrogens with zero attached hydrogens (tertiary/aromatic N) is 1. The third-order valence-electron chi connectivity index (χ3n) is 4.25. The predicted octanol–water partition coefficient (Wildman–Crippen LogP) is 6.17. The van der Waals surface area contributed by atoms with Crippen LogP contribution in [0.4, 0.5) is 0 Å². The summed E-state index contributed by atoms with van der Waals surface area (Å²) >= 11 is 0. The number of allylic oxidation sites excluding steroid dienone is 5. The van der Waals surface area contributed by atoms with Crippen LogP contribution in [0.5, 0.6) is 0 Å². The van der Waals surface area contributed by atoms with E-state index in [1.807, 2.05) is 85.0 Å². The molecule has 164 valence electrons. The van der Waals surface area contributed by atoms with Gasteiger partial charge in [-0.05, 0) is 38.5 Å². The van der Waals surface area contributed by atoms with Crippen LogP contribution in [0, 0.1) is 0 Å². The molecular formula is C26H43NO2. The monoisotopic (exact) mass is 401 g/mol. The molecule has 1 aliphatic rings.